The second-order valence-corrected chi connectivity index (χ2v) is 2.98. The van der Waals surface area contributed by atoms with Crippen molar-refractivity contribution < 1.29 is 4.92 Å². The predicted molar refractivity (Wildman–Crippen MR) is 50.9 cm³/mol. The molecule has 0 aliphatic carbocycles. The third-order valence-electron chi connectivity index (χ3n) is 1.66. The summed E-state index contributed by atoms with van der Waals surface area (Å²) in [7, 11) is 0. The van der Waals surface area contributed by atoms with Gasteiger partial charge in [0, 0.05) is 12.1 Å². The molecule has 0 aliphatic heterocycles. The Morgan fingerprint density at radius 3 is 2.69 bits per heavy atom. The van der Waals surface area contributed by atoms with Gasteiger partial charge < -0.3 is 5.73 Å². The van der Waals surface area contributed by atoms with Crippen LogP contribution < -0.4 is 5.73 Å². The lowest BCUT2D eigenvalue weighted by atomic mass is 10.1. The zero-order valence-electron chi connectivity index (χ0n) is 6.87. The Balaban J connectivity index is 2.98. The predicted octanol–water partition coefficient (Wildman–Crippen LogP) is 1.75. The van der Waals surface area contributed by atoms with Crippen LogP contribution in [-0.2, 0) is 6.42 Å². The molecule has 0 radical (unpaired) electrons. The maximum Gasteiger partial charge on any atom is 0.270 e. The van der Waals surface area contributed by atoms with E-state index < -0.39 is 4.92 Å². The number of hydrogen-bond acceptors (Lipinski definition) is 3. The van der Waals surface area contributed by atoms with Crippen molar-refractivity contribution in [1.29, 1.82) is 0 Å². The number of hydrogen-bond donors (Lipinski definition) is 1. The van der Waals surface area contributed by atoms with E-state index >= 15 is 0 Å². The standard InChI is InChI=1S/C8H9ClN2O2/c9-8-5-7(11(12)13)2-1-6(8)3-4-10/h1-2,5H,3-4,10H2. The molecule has 70 valence electrons. The molecule has 1 aromatic rings. The lowest BCUT2D eigenvalue weighted by molar-refractivity contribution is -0.384. The summed E-state index contributed by atoms with van der Waals surface area (Å²) >= 11 is 5.79. The minimum atomic E-state index is -0.474. The van der Waals surface area contributed by atoms with E-state index in [-0.39, 0.29) is 5.69 Å². The minimum Gasteiger partial charge on any atom is -0.330 e. The maximum atomic E-state index is 10.3. The molecule has 2 N–H and O–H groups in total. The van der Waals surface area contributed by atoms with Gasteiger partial charge in [-0.2, -0.15) is 0 Å². The van der Waals surface area contributed by atoms with Crippen molar-refractivity contribution in [3.05, 3.63) is 38.9 Å². The SMILES string of the molecule is NCCc1ccc([N+](=O)[O-])cc1Cl. The van der Waals surface area contributed by atoms with Gasteiger partial charge in [0.2, 0.25) is 0 Å². The first-order chi connectivity index (χ1) is 6.15. The van der Waals surface area contributed by atoms with Gasteiger partial charge in [0.1, 0.15) is 0 Å². The maximum absolute atomic E-state index is 10.3. The Morgan fingerprint density at radius 1 is 1.54 bits per heavy atom. The quantitative estimate of drug-likeness (QED) is 0.597. The van der Waals surface area contributed by atoms with E-state index in [1.54, 1.807) is 6.07 Å². The van der Waals surface area contributed by atoms with Gasteiger partial charge >= 0.3 is 0 Å². The second kappa shape index (κ2) is 4.20. The van der Waals surface area contributed by atoms with Crippen molar-refractivity contribution in [2.75, 3.05) is 6.54 Å². The highest BCUT2D eigenvalue weighted by Gasteiger charge is 2.08. The second-order valence-electron chi connectivity index (χ2n) is 2.57. The van der Waals surface area contributed by atoms with Crippen molar-refractivity contribution in [3.8, 4) is 0 Å². The van der Waals surface area contributed by atoms with Crippen LogP contribution in [-0.4, -0.2) is 11.5 Å². The van der Waals surface area contributed by atoms with Gasteiger partial charge in [-0.25, -0.2) is 0 Å². The van der Waals surface area contributed by atoms with Crippen LogP contribution in [0.25, 0.3) is 0 Å². The fourth-order valence-corrected chi connectivity index (χ4v) is 1.28. The smallest absolute Gasteiger partial charge is 0.270 e. The summed E-state index contributed by atoms with van der Waals surface area (Å²) < 4.78 is 0. The van der Waals surface area contributed by atoms with Crippen LogP contribution in [0.1, 0.15) is 5.56 Å². The summed E-state index contributed by atoms with van der Waals surface area (Å²) in [6.07, 6.45) is 0.636. The van der Waals surface area contributed by atoms with Crippen molar-refractivity contribution >= 4 is 17.3 Å². The monoisotopic (exact) mass is 200 g/mol. The van der Waals surface area contributed by atoms with Crippen molar-refractivity contribution in [3.63, 3.8) is 0 Å². The first-order valence-electron chi connectivity index (χ1n) is 3.78. The molecule has 0 aliphatic rings. The van der Waals surface area contributed by atoms with Crippen molar-refractivity contribution in [2.24, 2.45) is 5.73 Å². The van der Waals surface area contributed by atoms with E-state index in [1.807, 2.05) is 0 Å². The number of benzene rings is 1. The summed E-state index contributed by atoms with van der Waals surface area (Å²) in [6, 6.07) is 4.40. The number of rotatable bonds is 3. The van der Waals surface area contributed by atoms with Gasteiger partial charge in [-0.3, -0.25) is 10.1 Å². The molecule has 0 aromatic heterocycles. The molecule has 1 rings (SSSR count). The van der Waals surface area contributed by atoms with E-state index in [0.29, 0.717) is 18.0 Å². The van der Waals surface area contributed by atoms with Crippen LogP contribution in [0, 0.1) is 10.1 Å². The molecule has 0 unspecified atom stereocenters. The number of nitro benzene ring substituents is 1. The third kappa shape index (κ3) is 2.40. The van der Waals surface area contributed by atoms with Gasteiger partial charge in [0.25, 0.3) is 5.69 Å². The van der Waals surface area contributed by atoms with Gasteiger partial charge in [0.15, 0.2) is 0 Å². The third-order valence-corrected chi connectivity index (χ3v) is 2.01. The summed E-state index contributed by atoms with van der Waals surface area (Å²) in [5.41, 5.74) is 6.18. The Hall–Kier alpha value is -1.13. The van der Waals surface area contributed by atoms with Crippen LogP contribution in [0.4, 0.5) is 5.69 Å². The van der Waals surface area contributed by atoms with Gasteiger partial charge in [-0.15, -0.1) is 0 Å². The van der Waals surface area contributed by atoms with Crippen LogP contribution in [0.3, 0.4) is 0 Å². The Kier molecular flexibility index (Phi) is 3.22. The van der Waals surface area contributed by atoms with E-state index in [9.17, 15) is 10.1 Å². The highest BCUT2D eigenvalue weighted by Crippen LogP contribution is 2.22. The lowest BCUT2D eigenvalue weighted by Gasteiger charge is -2.00. The minimum absolute atomic E-state index is 0.00534. The van der Waals surface area contributed by atoms with E-state index in [2.05, 4.69) is 0 Å². The highest BCUT2D eigenvalue weighted by atomic mass is 35.5. The Labute approximate surface area is 80.5 Å². The van der Waals surface area contributed by atoms with E-state index in [4.69, 9.17) is 17.3 Å². The van der Waals surface area contributed by atoms with Gasteiger partial charge in [-0.1, -0.05) is 17.7 Å². The molecule has 0 saturated carbocycles. The topological polar surface area (TPSA) is 69.2 Å². The Morgan fingerprint density at radius 2 is 2.23 bits per heavy atom. The molecule has 0 heterocycles. The lowest BCUT2D eigenvalue weighted by Crippen LogP contribution is -2.03. The summed E-state index contributed by atoms with van der Waals surface area (Å²) in [5, 5.41) is 10.7. The molecule has 0 bridgehead atoms. The number of non-ortho nitro benzene ring substituents is 1. The van der Waals surface area contributed by atoms with Crippen LogP contribution >= 0.6 is 11.6 Å². The van der Waals surface area contributed by atoms with Crippen LogP contribution in [0.2, 0.25) is 5.02 Å². The van der Waals surface area contributed by atoms with E-state index in [0.717, 1.165) is 5.56 Å². The van der Waals surface area contributed by atoms with Crippen LogP contribution in [0.5, 0.6) is 0 Å². The van der Waals surface area contributed by atoms with Gasteiger partial charge in [0.05, 0.1) is 9.95 Å². The number of nitrogens with two attached hydrogens (primary N) is 1. The van der Waals surface area contributed by atoms with E-state index in [1.165, 1.54) is 12.1 Å². The molecule has 0 fully saturated rings. The molecule has 0 saturated heterocycles. The van der Waals surface area contributed by atoms with Crippen LogP contribution in [0.15, 0.2) is 18.2 Å². The summed E-state index contributed by atoms with van der Waals surface area (Å²) in [5.74, 6) is 0. The Bertz CT molecular complexity index is 328. The summed E-state index contributed by atoms with van der Waals surface area (Å²) in [4.78, 5) is 9.87. The summed E-state index contributed by atoms with van der Waals surface area (Å²) in [6.45, 7) is 0.484. The average molecular weight is 201 g/mol. The number of halogens is 1. The molecular weight excluding hydrogens is 192 g/mol. The fraction of sp³-hybridized carbons (Fsp3) is 0.250. The molecule has 4 nitrogen and oxygen atoms in total. The first kappa shape index (κ1) is 9.95. The first-order valence-corrected chi connectivity index (χ1v) is 4.16. The average Bonchev–Trinajstić information content (AvgIpc) is 2.08. The molecule has 1 aromatic carbocycles. The van der Waals surface area contributed by atoms with Crippen molar-refractivity contribution in [1.82, 2.24) is 0 Å². The molecule has 13 heavy (non-hydrogen) atoms. The zero-order valence-corrected chi connectivity index (χ0v) is 7.62. The van der Waals surface area contributed by atoms with Crippen molar-refractivity contribution in [2.45, 2.75) is 6.42 Å². The van der Waals surface area contributed by atoms with Gasteiger partial charge in [-0.05, 0) is 18.5 Å². The molecule has 0 amide bonds. The molecule has 0 spiro atoms. The fourth-order valence-electron chi connectivity index (χ4n) is 1.01. The molecular formula is C8H9ClN2O2. The number of nitro groups is 1. The molecule has 0 atom stereocenters. The largest absolute Gasteiger partial charge is 0.330 e. The highest BCUT2D eigenvalue weighted by molar-refractivity contribution is 6.31. The molecule has 5 heteroatoms. The zero-order chi connectivity index (χ0) is 9.84. The number of nitrogens with zero attached hydrogens (tertiary/aromatic N) is 1. The normalized spacial score (nSPS) is 10.0.